The standard InChI is InChI=1S/C9H6BrFO4/c1-15-8-5(7(12)9(13)14)2-4(11)3-6(8)10/h2-3H,1H3,(H,13,14). The Morgan fingerprint density at radius 3 is 2.53 bits per heavy atom. The number of rotatable bonds is 3. The van der Waals surface area contributed by atoms with Gasteiger partial charge in [0.05, 0.1) is 17.1 Å². The maximum Gasteiger partial charge on any atom is 0.377 e. The molecule has 80 valence electrons. The summed E-state index contributed by atoms with van der Waals surface area (Å²) in [5.41, 5.74) is -0.322. The molecule has 0 spiro atoms. The average molecular weight is 277 g/mol. The van der Waals surface area contributed by atoms with E-state index in [1.54, 1.807) is 0 Å². The van der Waals surface area contributed by atoms with E-state index in [0.717, 1.165) is 12.1 Å². The predicted molar refractivity (Wildman–Crippen MR) is 52.6 cm³/mol. The van der Waals surface area contributed by atoms with E-state index in [1.165, 1.54) is 7.11 Å². The second-order valence-corrected chi connectivity index (χ2v) is 3.46. The van der Waals surface area contributed by atoms with E-state index in [1.807, 2.05) is 0 Å². The molecule has 0 aliphatic rings. The normalized spacial score (nSPS) is 9.80. The number of carbonyl (C=O) groups excluding carboxylic acids is 1. The van der Waals surface area contributed by atoms with Gasteiger partial charge in [-0.05, 0) is 28.1 Å². The van der Waals surface area contributed by atoms with E-state index < -0.39 is 17.6 Å². The molecule has 0 aliphatic carbocycles. The quantitative estimate of drug-likeness (QED) is 0.676. The lowest BCUT2D eigenvalue weighted by Crippen LogP contribution is -2.14. The molecular formula is C9H6BrFO4. The van der Waals surface area contributed by atoms with Crippen LogP contribution >= 0.6 is 15.9 Å². The summed E-state index contributed by atoms with van der Waals surface area (Å²) in [5.74, 6) is -3.59. The van der Waals surface area contributed by atoms with Crippen molar-refractivity contribution in [3.63, 3.8) is 0 Å². The zero-order valence-electron chi connectivity index (χ0n) is 7.58. The summed E-state index contributed by atoms with van der Waals surface area (Å²) in [6.07, 6.45) is 0. The summed E-state index contributed by atoms with van der Waals surface area (Å²) in [6.45, 7) is 0. The summed E-state index contributed by atoms with van der Waals surface area (Å²) >= 11 is 2.97. The summed E-state index contributed by atoms with van der Waals surface area (Å²) in [5, 5.41) is 8.49. The lowest BCUT2D eigenvalue weighted by atomic mass is 10.1. The van der Waals surface area contributed by atoms with Gasteiger partial charge in [0, 0.05) is 0 Å². The van der Waals surface area contributed by atoms with Crippen LogP contribution in [0.3, 0.4) is 0 Å². The molecular weight excluding hydrogens is 271 g/mol. The van der Waals surface area contributed by atoms with Crippen molar-refractivity contribution < 1.29 is 23.8 Å². The van der Waals surface area contributed by atoms with Gasteiger partial charge in [0.25, 0.3) is 5.78 Å². The minimum atomic E-state index is -1.66. The van der Waals surface area contributed by atoms with Crippen molar-refractivity contribution in [1.29, 1.82) is 0 Å². The highest BCUT2D eigenvalue weighted by molar-refractivity contribution is 9.10. The molecule has 6 heteroatoms. The van der Waals surface area contributed by atoms with Gasteiger partial charge in [-0.3, -0.25) is 4.79 Å². The Kier molecular flexibility index (Phi) is 3.41. The molecule has 1 aromatic rings. The van der Waals surface area contributed by atoms with Gasteiger partial charge in [-0.1, -0.05) is 0 Å². The fourth-order valence-corrected chi connectivity index (χ4v) is 1.65. The third-order valence-corrected chi connectivity index (χ3v) is 2.24. The number of halogens is 2. The van der Waals surface area contributed by atoms with Crippen LogP contribution in [0.5, 0.6) is 5.75 Å². The summed E-state index contributed by atoms with van der Waals surface area (Å²) in [6, 6.07) is 1.90. The van der Waals surface area contributed by atoms with Gasteiger partial charge in [-0.25, -0.2) is 9.18 Å². The Balaban J connectivity index is 3.38. The fourth-order valence-electron chi connectivity index (χ4n) is 1.05. The van der Waals surface area contributed by atoms with Gasteiger partial charge in [0.2, 0.25) is 0 Å². The van der Waals surface area contributed by atoms with Gasteiger partial charge in [-0.2, -0.15) is 0 Å². The van der Waals surface area contributed by atoms with Crippen LogP contribution < -0.4 is 4.74 Å². The van der Waals surface area contributed by atoms with Crippen molar-refractivity contribution in [2.45, 2.75) is 0 Å². The Hall–Kier alpha value is -1.43. The monoisotopic (exact) mass is 276 g/mol. The maximum absolute atomic E-state index is 12.9. The highest BCUT2D eigenvalue weighted by Gasteiger charge is 2.22. The van der Waals surface area contributed by atoms with Crippen LogP contribution in [0.2, 0.25) is 0 Å². The number of ketones is 1. The molecule has 15 heavy (non-hydrogen) atoms. The average Bonchev–Trinajstić information content (AvgIpc) is 2.15. The van der Waals surface area contributed by atoms with Crippen molar-refractivity contribution in [2.75, 3.05) is 7.11 Å². The minimum absolute atomic E-state index is 0.00352. The van der Waals surface area contributed by atoms with Crippen LogP contribution in [-0.2, 0) is 4.79 Å². The Labute approximate surface area is 92.8 Å². The molecule has 0 aliphatic heterocycles. The van der Waals surface area contributed by atoms with Crippen molar-refractivity contribution in [1.82, 2.24) is 0 Å². The molecule has 0 unspecified atom stereocenters. The minimum Gasteiger partial charge on any atom is -0.495 e. The Morgan fingerprint density at radius 1 is 1.47 bits per heavy atom. The molecule has 4 nitrogen and oxygen atoms in total. The second kappa shape index (κ2) is 4.39. The van der Waals surface area contributed by atoms with Gasteiger partial charge in [-0.15, -0.1) is 0 Å². The number of carbonyl (C=O) groups is 2. The first-order valence-electron chi connectivity index (χ1n) is 3.78. The third kappa shape index (κ3) is 2.33. The molecule has 0 fully saturated rings. The van der Waals surface area contributed by atoms with Gasteiger partial charge in [0.15, 0.2) is 0 Å². The number of carboxylic acid groups (broad SMARTS) is 1. The van der Waals surface area contributed by atoms with Crippen LogP contribution in [0, 0.1) is 5.82 Å². The lowest BCUT2D eigenvalue weighted by molar-refractivity contribution is -0.131. The first-order valence-corrected chi connectivity index (χ1v) is 4.57. The van der Waals surface area contributed by atoms with Crippen LogP contribution in [0.4, 0.5) is 4.39 Å². The summed E-state index contributed by atoms with van der Waals surface area (Å²) in [7, 11) is 1.26. The predicted octanol–water partition coefficient (Wildman–Crippen LogP) is 1.86. The number of carboxylic acids is 1. The molecule has 0 heterocycles. The topological polar surface area (TPSA) is 63.6 Å². The van der Waals surface area contributed by atoms with E-state index in [4.69, 9.17) is 9.84 Å². The second-order valence-electron chi connectivity index (χ2n) is 2.60. The van der Waals surface area contributed by atoms with E-state index >= 15 is 0 Å². The molecule has 0 saturated heterocycles. The van der Waals surface area contributed by atoms with Crippen molar-refractivity contribution in [2.24, 2.45) is 0 Å². The highest BCUT2D eigenvalue weighted by Crippen LogP contribution is 2.30. The number of Topliss-reactive ketones (excluding diaryl/α,β-unsaturated/α-hetero) is 1. The maximum atomic E-state index is 12.9. The molecule has 0 atom stereocenters. The van der Waals surface area contributed by atoms with E-state index in [-0.39, 0.29) is 15.8 Å². The first-order chi connectivity index (χ1) is 6.97. The van der Waals surface area contributed by atoms with Crippen LogP contribution in [0.15, 0.2) is 16.6 Å². The molecule has 0 aromatic heterocycles. The van der Waals surface area contributed by atoms with Crippen LogP contribution in [0.1, 0.15) is 10.4 Å². The van der Waals surface area contributed by atoms with E-state index in [0.29, 0.717) is 0 Å². The SMILES string of the molecule is COc1c(Br)cc(F)cc1C(=O)C(=O)O. The Bertz CT molecular complexity index is 430. The fraction of sp³-hybridized carbons (Fsp3) is 0.111. The van der Waals surface area contributed by atoms with Crippen molar-refractivity contribution in [3.8, 4) is 5.75 Å². The van der Waals surface area contributed by atoms with Gasteiger partial charge >= 0.3 is 5.97 Å². The number of aliphatic carboxylic acids is 1. The molecule has 1 aromatic carbocycles. The molecule has 0 saturated carbocycles. The number of benzene rings is 1. The third-order valence-electron chi connectivity index (χ3n) is 1.65. The van der Waals surface area contributed by atoms with Crippen LogP contribution in [-0.4, -0.2) is 24.0 Å². The molecule has 0 bridgehead atoms. The summed E-state index contributed by atoms with van der Waals surface area (Å²) in [4.78, 5) is 21.6. The lowest BCUT2D eigenvalue weighted by Gasteiger charge is -2.07. The van der Waals surface area contributed by atoms with Crippen molar-refractivity contribution >= 4 is 27.7 Å². The van der Waals surface area contributed by atoms with Gasteiger partial charge in [0.1, 0.15) is 11.6 Å². The first kappa shape index (κ1) is 11.6. The van der Waals surface area contributed by atoms with Crippen LogP contribution in [0.25, 0.3) is 0 Å². The number of hydrogen-bond donors (Lipinski definition) is 1. The largest absolute Gasteiger partial charge is 0.495 e. The Morgan fingerprint density at radius 2 is 2.07 bits per heavy atom. The smallest absolute Gasteiger partial charge is 0.377 e. The number of ether oxygens (including phenoxy) is 1. The number of hydrogen-bond acceptors (Lipinski definition) is 3. The summed E-state index contributed by atoms with van der Waals surface area (Å²) < 4.78 is 17.9. The van der Waals surface area contributed by atoms with E-state index in [2.05, 4.69) is 15.9 Å². The van der Waals surface area contributed by atoms with Gasteiger partial charge < -0.3 is 9.84 Å². The molecule has 0 radical (unpaired) electrons. The molecule has 1 N–H and O–H groups in total. The zero-order valence-corrected chi connectivity index (χ0v) is 9.17. The molecule has 0 amide bonds. The zero-order chi connectivity index (χ0) is 11.6. The number of methoxy groups -OCH3 is 1. The molecule has 1 rings (SSSR count). The van der Waals surface area contributed by atoms with Crippen molar-refractivity contribution in [3.05, 3.63) is 28.0 Å². The highest BCUT2D eigenvalue weighted by atomic mass is 79.9. The van der Waals surface area contributed by atoms with E-state index in [9.17, 15) is 14.0 Å².